The number of imidazole rings is 1. The van der Waals surface area contributed by atoms with Crippen molar-refractivity contribution in [3.05, 3.63) is 24.7 Å². The van der Waals surface area contributed by atoms with Crippen LogP contribution < -0.4 is 16.4 Å². The van der Waals surface area contributed by atoms with Crippen LogP contribution in [0.15, 0.2) is 24.7 Å². The standard InChI is InChI=1S/C17H19N9/c18-17-25-13(14-16(26-17)22-8-21-14)11-7-12(23-9-1-4-19-5-2-9)24-15-10(11)3-6-20-15/h3,6-9,19H,1-2,4-5H2,(H2,20,23,24)(H3,18,21,22,25,26). The lowest BCUT2D eigenvalue weighted by atomic mass is 10.1. The quantitative estimate of drug-likeness (QED) is 0.380. The van der Waals surface area contributed by atoms with Gasteiger partial charge in [0.25, 0.3) is 0 Å². The highest BCUT2D eigenvalue weighted by molar-refractivity contribution is 6.00. The van der Waals surface area contributed by atoms with Crippen LogP contribution in [0.4, 0.5) is 11.8 Å². The number of H-pyrrole nitrogens is 2. The van der Waals surface area contributed by atoms with E-state index >= 15 is 0 Å². The van der Waals surface area contributed by atoms with Crippen molar-refractivity contribution in [2.45, 2.75) is 18.9 Å². The maximum absolute atomic E-state index is 5.91. The lowest BCUT2D eigenvalue weighted by Crippen LogP contribution is -2.35. The van der Waals surface area contributed by atoms with Gasteiger partial charge in [-0.1, -0.05) is 0 Å². The summed E-state index contributed by atoms with van der Waals surface area (Å²) in [5.41, 5.74) is 9.70. The summed E-state index contributed by atoms with van der Waals surface area (Å²) in [5, 5.41) is 7.92. The number of fused-ring (bicyclic) bond motifs is 2. The number of aromatic nitrogens is 6. The monoisotopic (exact) mass is 349 g/mol. The van der Waals surface area contributed by atoms with E-state index in [9.17, 15) is 0 Å². The van der Waals surface area contributed by atoms with E-state index < -0.39 is 0 Å². The van der Waals surface area contributed by atoms with Gasteiger partial charge >= 0.3 is 0 Å². The molecule has 4 aromatic heterocycles. The Hall–Kier alpha value is -3.20. The molecule has 132 valence electrons. The van der Waals surface area contributed by atoms with Crippen molar-refractivity contribution in [3.8, 4) is 11.3 Å². The third-order valence-corrected chi connectivity index (χ3v) is 4.78. The van der Waals surface area contributed by atoms with Crippen LogP contribution in [0.5, 0.6) is 0 Å². The number of rotatable bonds is 3. The number of nitrogen functional groups attached to an aromatic ring is 1. The highest BCUT2D eigenvalue weighted by Gasteiger charge is 2.18. The number of pyridine rings is 1. The first-order valence-electron chi connectivity index (χ1n) is 8.70. The molecule has 0 radical (unpaired) electrons. The molecule has 1 saturated heterocycles. The van der Waals surface area contributed by atoms with E-state index in [-0.39, 0.29) is 5.95 Å². The van der Waals surface area contributed by atoms with E-state index in [4.69, 9.17) is 10.7 Å². The number of anilines is 2. The minimum Gasteiger partial charge on any atom is -0.368 e. The topological polar surface area (TPSA) is 133 Å². The van der Waals surface area contributed by atoms with Crippen LogP contribution in [-0.4, -0.2) is 49.0 Å². The molecule has 1 aliphatic heterocycles. The molecule has 5 rings (SSSR count). The average molecular weight is 349 g/mol. The molecular formula is C17H19N9. The normalized spacial score (nSPS) is 15.7. The summed E-state index contributed by atoms with van der Waals surface area (Å²) in [6.45, 7) is 2.04. The molecule has 26 heavy (non-hydrogen) atoms. The molecule has 4 aromatic rings. The van der Waals surface area contributed by atoms with E-state index in [2.05, 4.69) is 35.6 Å². The van der Waals surface area contributed by atoms with Crippen LogP contribution in [0.1, 0.15) is 12.8 Å². The van der Waals surface area contributed by atoms with E-state index in [1.54, 1.807) is 6.33 Å². The molecule has 0 unspecified atom stereocenters. The Morgan fingerprint density at radius 2 is 2.00 bits per heavy atom. The molecule has 5 heterocycles. The van der Waals surface area contributed by atoms with Gasteiger partial charge in [0.1, 0.15) is 22.7 Å². The van der Waals surface area contributed by atoms with Crippen molar-refractivity contribution in [1.82, 2.24) is 35.2 Å². The SMILES string of the molecule is Nc1nc(-c2cc(NC3CCNCC3)nc3[nH]ccc23)c2[nH]cnc2n1. The minimum atomic E-state index is 0.202. The molecule has 0 aliphatic carbocycles. The van der Waals surface area contributed by atoms with Gasteiger partial charge < -0.3 is 26.3 Å². The van der Waals surface area contributed by atoms with Gasteiger partial charge in [0.2, 0.25) is 5.95 Å². The Morgan fingerprint density at radius 3 is 2.88 bits per heavy atom. The van der Waals surface area contributed by atoms with Crippen molar-refractivity contribution >= 4 is 34.0 Å². The molecule has 1 fully saturated rings. The largest absolute Gasteiger partial charge is 0.368 e. The number of nitrogens with two attached hydrogens (primary N) is 1. The zero-order chi connectivity index (χ0) is 17.5. The van der Waals surface area contributed by atoms with E-state index in [0.717, 1.165) is 59.6 Å². The zero-order valence-electron chi connectivity index (χ0n) is 14.1. The molecule has 0 bridgehead atoms. The third kappa shape index (κ3) is 2.53. The Labute approximate surface area is 148 Å². The van der Waals surface area contributed by atoms with Crippen LogP contribution in [0, 0.1) is 0 Å². The lowest BCUT2D eigenvalue weighted by molar-refractivity contribution is 0.478. The van der Waals surface area contributed by atoms with E-state index in [1.807, 2.05) is 18.3 Å². The summed E-state index contributed by atoms with van der Waals surface area (Å²) < 4.78 is 0. The molecule has 0 aromatic carbocycles. The van der Waals surface area contributed by atoms with Crippen molar-refractivity contribution in [1.29, 1.82) is 0 Å². The molecule has 9 nitrogen and oxygen atoms in total. The van der Waals surface area contributed by atoms with Gasteiger partial charge in [0.15, 0.2) is 5.65 Å². The fourth-order valence-electron chi connectivity index (χ4n) is 3.53. The summed E-state index contributed by atoms with van der Waals surface area (Å²) in [6.07, 6.45) is 5.63. The smallest absolute Gasteiger partial charge is 0.222 e. The predicted molar refractivity (Wildman–Crippen MR) is 101 cm³/mol. The Balaban J connectivity index is 1.66. The number of hydrogen-bond donors (Lipinski definition) is 5. The van der Waals surface area contributed by atoms with Gasteiger partial charge in [0, 0.05) is 23.2 Å². The summed E-state index contributed by atoms with van der Waals surface area (Å²) in [5.74, 6) is 1.03. The number of piperidine rings is 1. The highest BCUT2D eigenvalue weighted by atomic mass is 15.1. The molecule has 0 atom stereocenters. The van der Waals surface area contributed by atoms with Gasteiger partial charge in [-0.3, -0.25) is 0 Å². The fraction of sp³-hybridized carbons (Fsp3) is 0.294. The van der Waals surface area contributed by atoms with Gasteiger partial charge in [0.05, 0.1) is 6.33 Å². The average Bonchev–Trinajstić information content (AvgIpc) is 3.30. The minimum absolute atomic E-state index is 0.202. The molecule has 0 amide bonds. The predicted octanol–water partition coefficient (Wildman–Crippen LogP) is 1.64. The van der Waals surface area contributed by atoms with Gasteiger partial charge in [-0.15, -0.1) is 0 Å². The lowest BCUT2D eigenvalue weighted by Gasteiger charge is -2.24. The number of nitrogens with one attached hydrogen (secondary N) is 4. The van der Waals surface area contributed by atoms with Gasteiger partial charge in [-0.05, 0) is 38.1 Å². The van der Waals surface area contributed by atoms with Crippen LogP contribution in [-0.2, 0) is 0 Å². The first kappa shape index (κ1) is 15.1. The maximum Gasteiger partial charge on any atom is 0.222 e. The molecule has 1 aliphatic rings. The molecule has 9 heteroatoms. The Morgan fingerprint density at radius 1 is 1.12 bits per heavy atom. The van der Waals surface area contributed by atoms with Crippen LogP contribution in [0.3, 0.4) is 0 Å². The Kier molecular flexibility index (Phi) is 3.45. The molecular weight excluding hydrogens is 330 g/mol. The second-order valence-electron chi connectivity index (χ2n) is 6.50. The van der Waals surface area contributed by atoms with Crippen molar-refractivity contribution < 1.29 is 0 Å². The van der Waals surface area contributed by atoms with E-state index in [0.29, 0.717) is 11.7 Å². The van der Waals surface area contributed by atoms with Crippen LogP contribution in [0.25, 0.3) is 33.5 Å². The highest BCUT2D eigenvalue weighted by Crippen LogP contribution is 2.32. The van der Waals surface area contributed by atoms with Crippen molar-refractivity contribution in [3.63, 3.8) is 0 Å². The Bertz CT molecular complexity index is 1070. The molecule has 6 N–H and O–H groups in total. The zero-order valence-corrected chi connectivity index (χ0v) is 14.1. The summed E-state index contributed by atoms with van der Waals surface area (Å²) in [7, 11) is 0. The third-order valence-electron chi connectivity index (χ3n) is 4.78. The number of aromatic amines is 2. The molecule has 0 saturated carbocycles. The first-order valence-corrected chi connectivity index (χ1v) is 8.70. The second-order valence-corrected chi connectivity index (χ2v) is 6.50. The maximum atomic E-state index is 5.91. The van der Waals surface area contributed by atoms with Gasteiger partial charge in [-0.2, -0.15) is 4.98 Å². The van der Waals surface area contributed by atoms with Crippen molar-refractivity contribution in [2.24, 2.45) is 0 Å². The summed E-state index contributed by atoms with van der Waals surface area (Å²) in [4.78, 5) is 23.9. The fourth-order valence-corrected chi connectivity index (χ4v) is 3.53. The number of hydrogen-bond acceptors (Lipinski definition) is 7. The number of nitrogens with zero attached hydrogens (tertiary/aromatic N) is 4. The van der Waals surface area contributed by atoms with Gasteiger partial charge in [-0.25, -0.2) is 15.0 Å². The summed E-state index contributed by atoms with van der Waals surface area (Å²) in [6, 6.07) is 4.43. The van der Waals surface area contributed by atoms with E-state index in [1.165, 1.54) is 0 Å². The van der Waals surface area contributed by atoms with Crippen molar-refractivity contribution in [2.75, 3.05) is 24.1 Å². The first-order chi connectivity index (χ1) is 12.8. The van der Waals surface area contributed by atoms with Crippen LogP contribution >= 0.6 is 0 Å². The molecule has 0 spiro atoms. The second kappa shape index (κ2) is 5.95. The summed E-state index contributed by atoms with van der Waals surface area (Å²) >= 11 is 0. The van der Waals surface area contributed by atoms with Crippen LogP contribution in [0.2, 0.25) is 0 Å².